The van der Waals surface area contributed by atoms with Crippen LogP contribution in [0.3, 0.4) is 0 Å². The van der Waals surface area contributed by atoms with Gasteiger partial charge >= 0.3 is 0 Å². The first-order valence-corrected chi connectivity index (χ1v) is 5.90. The predicted octanol–water partition coefficient (Wildman–Crippen LogP) is 3.20. The largest absolute Gasteiger partial charge is 0.493 e. The van der Waals surface area contributed by atoms with Crippen molar-refractivity contribution in [3.05, 3.63) is 36.4 Å². The molecule has 0 saturated carbocycles. The summed E-state index contributed by atoms with van der Waals surface area (Å²) >= 11 is 3.31. The van der Waals surface area contributed by atoms with Crippen molar-refractivity contribution >= 4 is 15.9 Å². The first-order chi connectivity index (χ1) is 7.31. The summed E-state index contributed by atoms with van der Waals surface area (Å²) in [7, 11) is 1.65. The third-order valence-electron chi connectivity index (χ3n) is 1.94. The Kier molecular flexibility index (Phi) is 5.26. The highest BCUT2D eigenvalue weighted by atomic mass is 79.9. The van der Waals surface area contributed by atoms with Crippen LogP contribution in [0.2, 0.25) is 0 Å². The second-order valence-electron chi connectivity index (χ2n) is 3.02. The fourth-order valence-corrected chi connectivity index (χ4v) is 1.44. The normalized spacial score (nSPS) is 9.73. The van der Waals surface area contributed by atoms with E-state index in [1.54, 1.807) is 7.11 Å². The van der Waals surface area contributed by atoms with E-state index in [9.17, 15) is 0 Å². The minimum atomic E-state index is 0.636. The van der Waals surface area contributed by atoms with E-state index in [4.69, 9.17) is 9.47 Å². The number of ether oxygens (including phenoxy) is 2. The molecule has 0 radical (unpaired) electrons. The quantitative estimate of drug-likeness (QED) is 0.584. The number of halogens is 1. The molecule has 0 unspecified atom stereocenters. The van der Waals surface area contributed by atoms with Gasteiger partial charge in [-0.05, 0) is 24.1 Å². The van der Waals surface area contributed by atoms with Gasteiger partial charge in [-0.2, -0.15) is 0 Å². The summed E-state index contributed by atoms with van der Waals surface area (Å²) < 4.78 is 10.8. The summed E-state index contributed by atoms with van der Waals surface area (Å²) in [5.41, 5.74) is 1.17. The summed E-state index contributed by atoms with van der Waals surface area (Å²) in [5.74, 6) is 1.56. The molecule has 1 aromatic rings. The first-order valence-electron chi connectivity index (χ1n) is 4.78. The number of rotatable bonds is 6. The maximum atomic E-state index is 5.51. The fourth-order valence-electron chi connectivity index (χ4n) is 1.27. The number of allylic oxidation sites excluding steroid dienone is 1. The molecule has 0 bridgehead atoms. The molecule has 0 aliphatic rings. The Morgan fingerprint density at radius 3 is 2.80 bits per heavy atom. The standard InChI is InChI=1S/C12H15BrO2/c1-3-4-10-5-6-11(15-8-7-13)12(9-10)14-2/h3,5-6,9H,1,4,7-8H2,2H3. The Hall–Kier alpha value is -0.960. The molecular formula is C12H15BrO2. The molecule has 1 rings (SSSR count). The molecule has 0 atom stereocenters. The number of benzene rings is 1. The van der Waals surface area contributed by atoms with E-state index in [1.807, 2.05) is 24.3 Å². The van der Waals surface area contributed by atoms with E-state index in [1.165, 1.54) is 5.56 Å². The van der Waals surface area contributed by atoms with Gasteiger partial charge < -0.3 is 9.47 Å². The van der Waals surface area contributed by atoms with Gasteiger partial charge in [-0.15, -0.1) is 6.58 Å². The Labute approximate surface area is 99.0 Å². The highest BCUT2D eigenvalue weighted by molar-refractivity contribution is 9.09. The fraction of sp³-hybridized carbons (Fsp3) is 0.333. The van der Waals surface area contributed by atoms with Crippen LogP contribution in [0.5, 0.6) is 11.5 Å². The third-order valence-corrected chi connectivity index (χ3v) is 2.27. The molecule has 0 spiro atoms. The molecule has 2 nitrogen and oxygen atoms in total. The van der Waals surface area contributed by atoms with Gasteiger partial charge in [0, 0.05) is 5.33 Å². The zero-order valence-corrected chi connectivity index (χ0v) is 10.4. The van der Waals surface area contributed by atoms with Gasteiger partial charge in [-0.3, -0.25) is 0 Å². The lowest BCUT2D eigenvalue weighted by molar-refractivity contribution is 0.314. The van der Waals surface area contributed by atoms with Crippen LogP contribution in [0.15, 0.2) is 30.9 Å². The van der Waals surface area contributed by atoms with Gasteiger partial charge in [0.15, 0.2) is 11.5 Å². The van der Waals surface area contributed by atoms with Gasteiger partial charge in [0.1, 0.15) is 0 Å². The Morgan fingerprint density at radius 1 is 1.40 bits per heavy atom. The molecular weight excluding hydrogens is 256 g/mol. The van der Waals surface area contributed by atoms with E-state index in [0.717, 1.165) is 23.2 Å². The Balaban J connectivity index is 2.82. The molecule has 0 N–H and O–H groups in total. The van der Waals surface area contributed by atoms with E-state index in [-0.39, 0.29) is 0 Å². The van der Waals surface area contributed by atoms with Crippen molar-refractivity contribution in [2.24, 2.45) is 0 Å². The lowest BCUT2D eigenvalue weighted by Crippen LogP contribution is -2.00. The van der Waals surface area contributed by atoms with Crippen molar-refractivity contribution in [2.75, 3.05) is 19.0 Å². The summed E-state index contributed by atoms with van der Waals surface area (Å²) in [4.78, 5) is 0. The summed E-state index contributed by atoms with van der Waals surface area (Å²) in [6.07, 6.45) is 2.71. The number of hydrogen-bond acceptors (Lipinski definition) is 2. The van der Waals surface area contributed by atoms with Crippen molar-refractivity contribution < 1.29 is 9.47 Å². The molecule has 0 aliphatic carbocycles. The summed E-state index contributed by atoms with van der Waals surface area (Å²) in [6, 6.07) is 5.93. The minimum absolute atomic E-state index is 0.636. The third kappa shape index (κ3) is 3.59. The average Bonchev–Trinajstić information content (AvgIpc) is 2.27. The topological polar surface area (TPSA) is 18.5 Å². The van der Waals surface area contributed by atoms with Crippen LogP contribution in [0, 0.1) is 0 Å². The molecule has 0 saturated heterocycles. The first kappa shape index (κ1) is 12.1. The zero-order chi connectivity index (χ0) is 11.1. The highest BCUT2D eigenvalue weighted by Gasteiger charge is 2.04. The maximum Gasteiger partial charge on any atom is 0.161 e. The molecule has 0 aliphatic heterocycles. The highest BCUT2D eigenvalue weighted by Crippen LogP contribution is 2.28. The van der Waals surface area contributed by atoms with Crippen molar-refractivity contribution in [2.45, 2.75) is 6.42 Å². The lowest BCUT2D eigenvalue weighted by Gasteiger charge is -2.10. The molecule has 15 heavy (non-hydrogen) atoms. The van der Waals surface area contributed by atoms with E-state index in [0.29, 0.717) is 6.61 Å². The average molecular weight is 271 g/mol. The lowest BCUT2D eigenvalue weighted by atomic mass is 10.1. The van der Waals surface area contributed by atoms with Gasteiger partial charge in [-0.1, -0.05) is 28.1 Å². The van der Waals surface area contributed by atoms with Crippen LogP contribution in [-0.4, -0.2) is 19.0 Å². The Bertz CT molecular complexity index is 323. The van der Waals surface area contributed by atoms with Gasteiger partial charge in [0.25, 0.3) is 0 Å². The van der Waals surface area contributed by atoms with Crippen molar-refractivity contribution in [1.82, 2.24) is 0 Å². The second kappa shape index (κ2) is 6.51. The van der Waals surface area contributed by atoms with Crippen LogP contribution >= 0.6 is 15.9 Å². The van der Waals surface area contributed by atoms with Gasteiger partial charge in [-0.25, -0.2) is 0 Å². The van der Waals surface area contributed by atoms with Crippen LogP contribution in [0.4, 0.5) is 0 Å². The van der Waals surface area contributed by atoms with Crippen LogP contribution < -0.4 is 9.47 Å². The minimum Gasteiger partial charge on any atom is -0.493 e. The smallest absolute Gasteiger partial charge is 0.161 e. The molecule has 3 heteroatoms. The SMILES string of the molecule is C=CCc1ccc(OCCBr)c(OC)c1. The molecule has 1 aromatic carbocycles. The molecule has 0 heterocycles. The van der Waals surface area contributed by atoms with E-state index < -0.39 is 0 Å². The van der Waals surface area contributed by atoms with Crippen molar-refractivity contribution in [3.8, 4) is 11.5 Å². The second-order valence-corrected chi connectivity index (χ2v) is 3.81. The zero-order valence-electron chi connectivity index (χ0n) is 8.83. The predicted molar refractivity (Wildman–Crippen MR) is 66.2 cm³/mol. The maximum absolute atomic E-state index is 5.51. The van der Waals surface area contributed by atoms with Crippen LogP contribution in [0.25, 0.3) is 0 Å². The van der Waals surface area contributed by atoms with Gasteiger partial charge in [0.2, 0.25) is 0 Å². The molecule has 0 aromatic heterocycles. The van der Waals surface area contributed by atoms with Crippen molar-refractivity contribution in [3.63, 3.8) is 0 Å². The molecule has 82 valence electrons. The van der Waals surface area contributed by atoms with E-state index in [2.05, 4.69) is 22.5 Å². The molecule has 0 fully saturated rings. The number of hydrogen-bond donors (Lipinski definition) is 0. The van der Waals surface area contributed by atoms with E-state index >= 15 is 0 Å². The summed E-state index contributed by atoms with van der Waals surface area (Å²) in [6.45, 7) is 4.34. The number of alkyl halides is 1. The van der Waals surface area contributed by atoms with Crippen molar-refractivity contribution in [1.29, 1.82) is 0 Å². The summed E-state index contributed by atoms with van der Waals surface area (Å²) in [5, 5.41) is 0.810. The van der Waals surface area contributed by atoms with Crippen LogP contribution in [0.1, 0.15) is 5.56 Å². The van der Waals surface area contributed by atoms with Crippen LogP contribution in [-0.2, 0) is 6.42 Å². The van der Waals surface area contributed by atoms with Gasteiger partial charge in [0.05, 0.1) is 13.7 Å². The number of methoxy groups -OCH3 is 1. The molecule has 0 amide bonds. The Morgan fingerprint density at radius 2 is 2.20 bits per heavy atom. The monoisotopic (exact) mass is 270 g/mol.